The number of rotatable bonds is 6. The second-order valence-corrected chi connectivity index (χ2v) is 13.5. The van der Waals surface area contributed by atoms with Crippen molar-refractivity contribution in [3.05, 3.63) is 64.7 Å². The molecule has 4 aromatic rings. The first-order chi connectivity index (χ1) is 22.9. The Morgan fingerprint density at radius 1 is 0.957 bits per heavy atom. The van der Waals surface area contributed by atoms with Crippen LogP contribution in [0, 0.1) is 5.41 Å². The van der Waals surface area contributed by atoms with E-state index in [0.717, 1.165) is 72.4 Å². The Kier molecular flexibility index (Phi) is 7.47. The summed E-state index contributed by atoms with van der Waals surface area (Å²) in [6.45, 7) is 5.66. The Bertz CT molecular complexity index is 1920. The van der Waals surface area contributed by atoms with Crippen LogP contribution >= 0.6 is 0 Å². The minimum atomic E-state index is -0.491. The van der Waals surface area contributed by atoms with Crippen LogP contribution in [0.15, 0.2) is 57.8 Å². The molecular formula is C35H40N8O4. The molecule has 2 amide bonds. The van der Waals surface area contributed by atoms with Crippen molar-refractivity contribution < 1.29 is 14.0 Å². The second-order valence-electron chi connectivity index (χ2n) is 13.5. The highest BCUT2D eigenvalue weighted by atomic mass is 16.4. The van der Waals surface area contributed by atoms with Gasteiger partial charge in [-0.25, -0.2) is 4.79 Å². The van der Waals surface area contributed by atoms with E-state index >= 15 is 0 Å². The maximum absolute atomic E-state index is 14.0. The lowest BCUT2D eigenvalue weighted by atomic mass is 9.85. The molecule has 4 aliphatic heterocycles. The van der Waals surface area contributed by atoms with Crippen molar-refractivity contribution in [2.24, 2.45) is 12.5 Å². The summed E-state index contributed by atoms with van der Waals surface area (Å²) in [5.41, 5.74) is 4.52. The van der Waals surface area contributed by atoms with Gasteiger partial charge in [0.05, 0.1) is 17.5 Å². The van der Waals surface area contributed by atoms with Crippen molar-refractivity contribution >= 4 is 39.8 Å². The Balaban J connectivity index is 0.881. The third kappa shape index (κ3) is 5.44. The number of aromatic nitrogens is 4. The Labute approximate surface area is 272 Å². The summed E-state index contributed by atoms with van der Waals surface area (Å²) in [7, 11) is 1.56. The number of carbonyl (C=O) groups excluding carboxylic acids is 2. The smallest absolute Gasteiger partial charge is 0.388 e. The second kappa shape index (κ2) is 11.8. The van der Waals surface area contributed by atoms with E-state index in [4.69, 9.17) is 4.42 Å². The third-order valence-corrected chi connectivity index (χ3v) is 10.6. The molecule has 0 saturated carbocycles. The number of benzene rings is 2. The summed E-state index contributed by atoms with van der Waals surface area (Å²) in [6.07, 6.45) is 8.10. The van der Waals surface area contributed by atoms with Crippen LogP contribution in [0.1, 0.15) is 44.1 Å². The SMILES string of the molecule is Cn1nc(-c2ccc(C3=CCN(C(=O)CN4CC[C@]5(CCN(c6ccc7[nH]nc(N8CCCCC8)c7c6)C5=O)C4)CC3)cc2)oc1=O. The Morgan fingerprint density at radius 2 is 1.74 bits per heavy atom. The zero-order valence-electron chi connectivity index (χ0n) is 26.8. The van der Waals surface area contributed by atoms with Gasteiger partial charge in [0.2, 0.25) is 17.7 Å². The standard InChI is InChI=1S/C35H40N8O4/c1-39-34(46)47-32(38-39)26-7-5-24(6-8-26)25-11-17-41(18-12-25)30(44)22-40-19-13-35(23-40)14-20-43(33(35)45)27-9-10-29-28(21-27)31(37-36-29)42-15-3-2-4-16-42/h5-11,21H,2-4,12-20,22-23H2,1H3,(H,36,37)/t35-/m0/s1. The number of likely N-dealkylation sites (tertiary alicyclic amines) is 1. The summed E-state index contributed by atoms with van der Waals surface area (Å²) < 4.78 is 6.36. The molecule has 2 aromatic heterocycles. The van der Waals surface area contributed by atoms with Gasteiger partial charge in [0, 0.05) is 63.0 Å². The molecule has 4 aliphatic rings. The predicted molar refractivity (Wildman–Crippen MR) is 179 cm³/mol. The van der Waals surface area contributed by atoms with Gasteiger partial charge in [-0.2, -0.15) is 9.78 Å². The minimum absolute atomic E-state index is 0.107. The zero-order chi connectivity index (χ0) is 32.1. The summed E-state index contributed by atoms with van der Waals surface area (Å²) in [6, 6.07) is 14.0. The number of amides is 2. The number of aromatic amines is 1. The maximum Gasteiger partial charge on any atom is 0.437 e. The molecule has 1 atom stereocenters. The summed E-state index contributed by atoms with van der Waals surface area (Å²) in [5.74, 6) is 1.08. The van der Waals surface area contributed by atoms with Crippen LogP contribution < -0.4 is 15.6 Å². The molecule has 12 nitrogen and oxygen atoms in total. The van der Waals surface area contributed by atoms with E-state index in [1.165, 1.54) is 29.5 Å². The molecule has 0 radical (unpaired) electrons. The van der Waals surface area contributed by atoms with Gasteiger partial charge >= 0.3 is 5.76 Å². The molecule has 0 aliphatic carbocycles. The molecule has 47 heavy (non-hydrogen) atoms. The molecular weight excluding hydrogens is 596 g/mol. The van der Waals surface area contributed by atoms with Crippen LogP contribution in [0.2, 0.25) is 0 Å². The number of H-pyrrole nitrogens is 1. The average Bonchev–Trinajstić information content (AvgIpc) is 3.88. The first kappa shape index (κ1) is 29.7. The van der Waals surface area contributed by atoms with Crippen molar-refractivity contribution in [1.29, 1.82) is 0 Å². The molecule has 0 bridgehead atoms. The fraction of sp³-hybridized carbons (Fsp3) is 0.457. The fourth-order valence-electron chi connectivity index (χ4n) is 7.78. The van der Waals surface area contributed by atoms with Gasteiger partial charge in [-0.15, -0.1) is 5.10 Å². The van der Waals surface area contributed by atoms with Gasteiger partial charge in [0.1, 0.15) is 0 Å². The quantitative estimate of drug-likeness (QED) is 0.340. The first-order valence-corrected chi connectivity index (χ1v) is 16.8. The number of anilines is 2. The fourth-order valence-corrected chi connectivity index (χ4v) is 7.78. The molecule has 1 N–H and O–H groups in total. The molecule has 1 spiro atoms. The number of carbonyl (C=O) groups is 2. The highest BCUT2D eigenvalue weighted by molar-refractivity contribution is 6.03. The summed E-state index contributed by atoms with van der Waals surface area (Å²) in [4.78, 5) is 47.3. The number of nitrogens with zero attached hydrogens (tertiary/aromatic N) is 7. The Hall–Kier alpha value is -4.71. The van der Waals surface area contributed by atoms with Crippen LogP contribution in [-0.4, -0.2) is 94.0 Å². The molecule has 6 heterocycles. The van der Waals surface area contributed by atoms with Crippen LogP contribution in [0.5, 0.6) is 0 Å². The lowest BCUT2D eigenvalue weighted by Gasteiger charge is -2.29. The van der Waals surface area contributed by atoms with Gasteiger partial charge in [0.15, 0.2) is 5.82 Å². The van der Waals surface area contributed by atoms with E-state index in [-0.39, 0.29) is 11.8 Å². The number of aryl methyl sites for hydroxylation is 1. The number of hydrogen-bond acceptors (Lipinski definition) is 8. The monoisotopic (exact) mass is 636 g/mol. The molecule has 2 aromatic carbocycles. The summed E-state index contributed by atoms with van der Waals surface area (Å²) >= 11 is 0. The van der Waals surface area contributed by atoms with Gasteiger partial charge in [0.25, 0.3) is 0 Å². The number of piperidine rings is 1. The van der Waals surface area contributed by atoms with Crippen molar-refractivity contribution in [3.8, 4) is 11.5 Å². The van der Waals surface area contributed by atoms with Gasteiger partial charge in [-0.1, -0.05) is 18.2 Å². The van der Waals surface area contributed by atoms with E-state index in [1.54, 1.807) is 7.05 Å². The van der Waals surface area contributed by atoms with E-state index in [1.807, 2.05) is 46.2 Å². The molecule has 244 valence electrons. The predicted octanol–water partition coefficient (Wildman–Crippen LogP) is 3.65. The summed E-state index contributed by atoms with van der Waals surface area (Å²) in [5, 5.41) is 13.0. The number of fused-ring (bicyclic) bond motifs is 1. The minimum Gasteiger partial charge on any atom is -0.388 e. The van der Waals surface area contributed by atoms with E-state index < -0.39 is 11.2 Å². The molecule has 0 unspecified atom stereocenters. The third-order valence-electron chi connectivity index (χ3n) is 10.6. The van der Waals surface area contributed by atoms with Gasteiger partial charge < -0.3 is 19.1 Å². The topological polar surface area (TPSA) is 124 Å². The number of nitrogens with one attached hydrogen (secondary N) is 1. The van der Waals surface area contributed by atoms with E-state index in [0.29, 0.717) is 38.6 Å². The average molecular weight is 637 g/mol. The van der Waals surface area contributed by atoms with Crippen LogP contribution in [-0.2, 0) is 16.6 Å². The molecule has 3 saturated heterocycles. The van der Waals surface area contributed by atoms with Gasteiger partial charge in [-0.05, 0) is 86.5 Å². The van der Waals surface area contributed by atoms with Crippen LogP contribution in [0.3, 0.4) is 0 Å². The van der Waals surface area contributed by atoms with E-state index in [2.05, 4.69) is 37.2 Å². The first-order valence-electron chi connectivity index (χ1n) is 16.8. The molecule has 12 heteroatoms. The van der Waals surface area contributed by atoms with Crippen molar-refractivity contribution in [3.63, 3.8) is 0 Å². The van der Waals surface area contributed by atoms with Crippen LogP contribution in [0.25, 0.3) is 27.9 Å². The zero-order valence-corrected chi connectivity index (χ0v) is 26.8. The Morgan fingerprint density at radius 3 is 2.49 bits per heavy atom. The normalized spacial score (nSPS) is 22.2. The highest BCUT2D eigenvalue weighted by Crippen LogP contribution is 2.43. The lowest BCUT2D eigenvalue weighted by Crippen LogP contribution is -2.43. The molecule has 8 rings (SSSR count). The van der Waals surface area contributed by atoms with Crippen molar-refractivity contribution in [2.75, 3.05) is 62.2 Å². The largest absolute Gasteiger partial charge is 0.437 e. The maximum atomic E-state index is 14.0. The van der Waals surface area contributed by atoms with Crippen LogP contribution in [0.4, 0.5) is 11.5 Å². The number of hydrogen-bond donors (Lipinski definition) is 1. The van der Waals surface area contributed by atoms with Crippen molar-refractivity contribution in [1.82, 2.24) is 29.8 Å². The van der Waals surface area contributed by atoms with E-state index in [9.17, 15) is 14.4 Å². The van der Waals surface area contributed by atoms with Gasteiger partial charge in [-0.3, -0.25) is 19.6 Å². The highest BCUT2D eigenvalue weighted by Gasteiger charge is 2.51. The van der Waals surface area contributed by atoms with Crippen molar-refractivity contribution in [2.45, 2.75) is 38.5 Å². The lowest BCUT2D eigenvalue weighted by molar-refractivity contribution is -0.132. The molecule has 3 fully saturated rings.